The number of aromatic nitrogens is 3. The van der Waals surface area contributed by atoms with Crippen molar-refractivity contribution in [1.29, 1.82) is 0 Å². The van der Waals surface area contributed by atoms with E-state index >= 15 is 0 Å². The van der Waals surface area contributed by atoms with Crippen LogP contribution in [0.15, 0.2) is 115 Å². The molecule has 0 saturated heterocycles. The first kappa shape index (κ1) is 39.4. The maximum absolute atomic E-state index is 11.9. The predicted octanol–water partition coefficient (Wildman–Crippen LogP) is 13.6. The van der Waals surface area contributed by atoms with E-state index in [1.807, 2.05) is 12.3 Å². The van der Waals surface area contributed by atoms with Gasteiger partial charge >= 0.3 is 0 Å². The van der Waals surface area contributed by atoms with Gasteiger partial charge in [-0.05, 0) is 102 Å². The zero-order chi connectivity index (χ0) is 41.7. The van der Waals surface area contributed by atoms with Gasteiger partial charge < -0.3 is 9.67 Å². The molecule has 0 fully saturated rings. The lowest BCUT2D eigenvalue weighted by atomic mass is 9.68. The van der Waals surface area contributed by atoms with Gasteiger partial charge in [-0.25, -0.2) is 4.98 Å². The van der Waals surface area contributed by atoms with Crippen LogP contribution in [0.1, 0.15) is 128 Å². The second-order valence-electron chi connectivity index (χ2n) is 20.7. The number of imidazole rings is 1. The summed E-state index contributed by atoms with van der Waals surface area (Å²) in [7, 11) is 2.06. The fourth-order valence-corrected chi connectivity index (χ4v) is 9.00. The molecule has 58 heavy (non-hydrogen) atoms. The lowest BCUT2D eigenvalue weighted by molar-refractivity contribution is 0.446. The van der Waals surface area contributed by atoms with Crippen molar-refractivity contribution in [3.8, 4) is 39.4 Å². The zero-order valence-electron chi connectivity index (χ0n) is 36.8. The van der Waals surface area contributed by atoms with Crippen LogP contribution in [0.5, 0.6) is 5.75 Å². The number of aromatic hydroxyl groups is 1. The van der Waals surface area contributed by atoms with E-state index in [4.69, 9.17) is 9.97 Å². The smallest absolute Gasteiger partial charge is 0.144 e. The molecule has 7 aromatic rings. The van der Waals surface area contributed by atoms with Crippen LogP contribution in [0.3, 0.4) is 0 Å². The molecule has 4 nitrogen and oxygen atoms in total. The van der Waals surface area contributed by atoms with Crippen molar-refractivity contribution >= 4 is 11.0 Å². The molecule has 5 aromatic carbocycles. The molecule has 4 heteroatoms. The number of phenolic OH excluding ortho intramolecular Hbond substituents is 1. The molecule has 0 amide bonds. The Morgan fingerprint density at radius 3 is 1.67 bits per heavy atom. The fourth-order valence-electron chi connectivity index (χ4n) is 9.00. The molecule has 1 aliphatic carbocycles. The normalized spacial score (nSPS) is 14.2. The number of nitrogens with zero attached hydrogens (tertiary/aromatic N) is 3. The number of pyridine rings is 1. The number of hydrogen-bond donors (Lipinski definition) is 1. The summed E-state index contributed by atoms with van der Waals surface area (Å²) in [5, 5.41) is 11.9. The average molecular weight is 766 g/mol. The van der Waals surface area contributed by atoms with Crippen LogP contribution in [0.2, 0.25) is 0 Å². The summed E-state index contributed by atoms with van der Waals surface area (Å²) < 4.78 is 2.13. The molecule has 0 spiro atoms. The Bertz CT molecular complexity index is 2660. The number of fused-ring (bicyclic) bond motifs is 4. The molecule has 1 N–H and O–H groups in total. The van der Waals surface area contributed by atoms with Gasteiger partial charge in [-0.2, -0.15) is 0 Å². The molecule has 2 aromatic heterocycles. The van der Waals surface area contributed by atoms with Crippen molar-refractivity contribution in [3.63, 3.8) is 0 Å². The van der Waals surface area contributed by atoms with Gasteiger partial charge in [0, 0.05) is 24.4 Å². The SMILES string of the molecule is Cn1c(-c2cc(C(C)(C)C)cc(C(C)(C)C)c2O)nc2c(-c3cccc(C4(c5ccccn5)c5ccc(C(C)(C)C)cc5-c5cc(C(C)(C)C)ccc54)c3)cccc21. The predicted molar refractivity (Wildman–Crippen MR) is 243 cm³/mol. The molecule has 0 saturated carbocycles. The van der Waals surface area contributed by atoms with Gasteiger partial charge in [0.05, 0.1) is 27.7 Å². The van der Waals surface area contributed by atoms with Crippen LogP contribution >= 0.6 is 0 Å². The minimum Gasteiger partial charge on any atom is -0.507 e. The van der Waals surface area contributed by atoms with E-state index in [-0.39, 0.29) is 21.7 Å². The molecule has 2 heterocycles. The fraction of sp³-hybridized carbons (Fsp3) is 0.333. The standard InChI is InChI=1S/C54H59N3O/c1-50(2,3)34-23-25-42-39(29-34)40-30-35(51(4,5)6)24-26-43(40)54(42,46-22-14-15-27-55-46)36-19-16-18-33(28-36)38-20-17-21-45-47(38)56-49(57(45)13)41-31-37(52(7,8)9)32-44(48(41)58)53(10,11)12/h14-32,58H,1-13H3. The Morgan fingerprint density at radius 1 is 0.534 bits per heavy atom. The van der Waals surface area contributed by atoms with Gasteiger partial charge in [-0.1, -0.05) is 162 Å². The minimum absolute atomic E-state index is 0.00756. The summed E-state index contributed by atoms with van der Waals surface area (Å²) in [4.78, 5) is 10.6. The molecule has 0 radical (unpaired) electrons. The quantitative estimate of drug-likeness (QED) is 0.194. The lowest BCUT2D eigenvalue weighted by Gasteiger charge is -2.33. The van der Waals surface area contributed by atoms with E-state index < -0.39 is 5.41 Å². The van der Waals surface area contributed by atoms with Gasteiger partial charge in [-0.3, -0.25) is 4.98 Å². The van der Waals surface area contributed by atoms with Crippen molar-refractivity contribution < 1.29 is 5.11 Å². The molecule has 296 valence electrons. The van der Waals surface area contributed by atoms with Crippen LogP contribution in [0.4, 0.5) is 0 Å². The molecule has 0 aliphatic heterocycles. The zero-order valence-corrected chi connectivity index (χ0v) is 36.8. The monoisotopic (exact) mass is 765 g/mol. The van der Waals surface area contributed by atoms with E-state index in [1.54, 1.807) is 0 Å². The van der Waals surface area contributed by atoms with Gasteiger partial charge in [0.25, 0.3) is 0 Å². The average Bonchev–Trinajstić information content (AvgIpc) is 3.65. The molecule has 8 rings (SSSR count). The van der Waals surface area contributed by atoms with Crippen LogP contribution in [0.25, 0.3) is 44.7 Å². The largest absolute Gasteiger partial charge is 0.507 e. The van der Waals surface area contributed by atoms with Crippen LogP contribution in [0, 0.1) is 0 Å². The Kier molecular flexibility index (Phi) is 9.01. The molecule has 1 aliphatic rings. The van der Waals surface area contributed by atoms with Crippen LogP contribution < -0.4 is 0 Å². The van der Waals surface area contributed by atoms with Crippen LogP contribution in [-0.4, -0.2) is 19.6 Å². The Morgan fingerprint density at radius 2 is 1.12 bits per heavy atom. The highest BCUT2D eigenvalue weighted by Crippen LogP contribution is 2.57. The summed E-state index contributed by atoms with van der Waals surface area (Å²) >= 11 is 0. The summed E-state index contributed by atoms with van der Waals surface area (Å²) in [5.41, 5.74) is 15.7. The van der Waals surface area contributed by atoms with Crippen molar-refractivity contribution in [3.05, 3.63) is 160 Å². The first-order chi connectivity index (χ1) is 27.1. The first-order valence-corrected chi connectivity index (χ1v) is 20.8. The summed E-state index contributed by atoms with van der Waals surface area (Å²) in [6.07, 6.45) is 1.93. The highest BCUT2D eigenvalue weighted by molar-refractivity contribution is 5.95. The highest BCUT2D eigenvalue weighted by atomic mass is 16.3. The summed E-state index contributed by atoms with van der Waals surface area (Å²) in [5.74, 6) is 1.04. The highest BCUT2D eigenvalue weighted by Gasteiger charge is 2.48. The first-order valence-electron chi connectivity index (χ1n) is 20.8. The van der Waals surface area contributed by atoms with E-state index in [2.05, 4.69) is 198 Å². The number of aryl methyl sites for hydroxylation is 1. The van der Waals surface area contributed by atoms with Gasteiger partial charge in [-0.15, -0.1) is 0 Å². The lowest BCUT2D eigenvalue weighted by Crippen LogP contribution is -2.30. The molecule has 0 bridgehead atoms. The van der Waals surface area contributed by atoms with E-state index in [9.17, 15) is 5.11 Å². The Labute approximate surface area is 346 Å². The topological polar surface area (TPSA) is 50.9 Å². The van der Waals surface area contributed by atoms with Crippen LogP contribution in [-0.2, 0) is 34.1 Å². The summed E-state index contributed by atoms with van der Waals surface area (Å²) in [6.45, 7) is 26.9. The van der Waals surface area contributed by atoms with Gasteiger partial charge in [0.2, 0.25) is 0 Å². The number of hydrogen-bond acceptors (Lipinski definition) is 3. The third kappa shape index (κ3) is 6.27. The number of benzene rings is 5. The molecular weight excluding hydrogens is 707 g/mol. The Hall–Kier alpha value is -5.48. The van der Waals surface area contributed by atoms with Gasteiger partial charge in [0.15, 0.2) is 0 Å². The third-order valence-corrected chi connectivity index (χ3v) is 12.5. The van der Waals surface area contributed by atoms with Crippen molar-refractivity contribution in [2.24, 2.45) is 7.05 Å². The van der Waals surface area contributed by atoms with E-state index in [0.29, 0.717) is 5.75 Å². The third-order valence-electron chi connectivity index (χ3n) is 12.5. The summed E-state index contributed by atoms with van der Waals surface area (Å²) in [6, 6.07) is 40.3. The molecular formula is C54H59N3O. The maximum Gasteiger partial charge on any atom is 0.144 e. The minimum atomic E-state index is -0.652. The Balaban J connectivity index is 1.38. The van der Waals surface area contributed by atoms with Crippen molar-refractivity contribution in [1.82, 2.24) is 14.5 Å². The second kappa shape index (κ2) is 13.3. The van der Waals surface area contributed by atoms with Crippen molar-refractivity contribution in [2.45, 2.75) is 110 Å². The maximum atomic E-state index is 11.9. The molecule has 0 unspecified atom stereocenters. The van der Waals surface area contributed by atoms with E-state index in [1.165, 1.54) is 38.9 Å². The number of phenols is 1. The van der Waals surface area contributed by atoms with Gasteiger partial charge in [0.1, 0.15) is 11.6 Å². The van der Waals surface area contributed by atoms with Crippen molar-refractivity contribution in [2.75, 3.05) is 0 Å². The molecule has 0 atom stereocenters. The second-order valence-corrected chi connectivity index (χ2v) is 20.7. The number of para-hydroxylation sites is 1. The van der Waals surface area contributed by atoms with E-state index in [0.717, 1.165) is 50.4 Å². The number of rotatable bonds is 4.